The predicted molar refractivity (Wildman–Crippen MR) is 69.6 cm³/mol. The predicted octanol–water partition coefficient (Wildman–Crippen LogP) is 2.62. The Bertz CT molecular complexity index is 533. The van der Waals surface area contributed by atoms with Gasteiger partial charge >= 0.3 is 5.97 Å². The molecule has 0 radical (unpaired) electrons. The van der Waals surface area contributed by atoms with Gasteiger partial charge in [-0.3, -0.25) is 4.79 Å². The Morgan fingerprint density at radius 2 is 2.11 bits per heavy atom. The maximum atomic E-state index is 11.3. The van der Waals surface area contributed by atoms with Crippen molar-refractivity contribution in [1.29, 1.82) is 0 Å². The van der Waals surface area contributed by atoms with Crippen LogP contribution in [0.25, 0.3) is 10.6 Å². The monoisotopic (exact) mass is 263 g/mol. The Morgan fingerprint density at radius 1 is 1.39 bits per heavy atom. The highest BCUT2D eigenvalue weighted by molar-refractivity contribution is 7.13. The van der Waals surface area contributed by atoms with Gasteiger partial charge in [0.05, 0.1) is 18.7 Å². The largest absolute Gasteiger partial charge is 0.508 e. The second kappa shape index (κ2) is 5.64. The molecule has 94 valence electrons. The van der Waals surface area contributed by atoms with Crippen LogP contribution in [-0.4, -0.2) is 22.7 Å². The molecule has 0 unspecified atom stereocenters. The van der Waals surface area contributed by atoms with E-state index in [1.54, 1.807) is 31.2 Å². The first-order chi connectivity index (χ1) is 8.69. The first-order valence-corrected chi connectivity index (χ1v) is 6.46. The number of thiazole rings is 1. The maximum absolute atomic E-state index is 11.3. The molecule has 4 nitrogen and oxygen atoms in total. The van der Waals surface area contributed by atoms with E-state index in [-0.39, 0.29) is 18.1 Å². The molecule has 0 bridgehead atoms. The van der Waals surface area contributed by atoms with Gasteiger partial charge in [0.15, 0.2) is 0 Å². The number of hydrogen-bond acceptors (Lipinski definition) is 5. The van der Waals surface area contributed by atoms with Crippen LogP contribution in [0.3, 0.4) is 0 Å². The lowest BCUT2D eigenvalue weighted by atomic mass is 10.2. The van der Waals surface area contributed by atoms with E-state index in [1.165, 1.54) is 11.3 Å². The molecule has 18 heavy (non-hydrogen) atoms. The van der Waals surface area contributed by atoms with Crippen LogP contribution >= 0.6 is 11.3 Å². The Labute approximate surface area is 109 Å². The summed E-state index contributed by atoms with van der Waals surface area (Å²) < 4.78 is 4.87. The third-order valence-electron chi connectivity index (χ3n) is 2.30. The van der Waals surface area contributed by atoms with E-state index in [9.17, 15) is 9.90 Å². The minimum Gasteiger partial charge on any atom is -0.508 e. The zero-order valence-corrected chi connectivity index (χ0v) is 10.7. The van der Waals surface area contributed by atoms with Gasteiger partial charge in [0.25, 0.3) is 0 Å². The maximum Gasteiger partial charge on any atom is 0.311 e. The molecule has 1 heterocycles. The summed E-state index contributed by atoms with van der Waals surface area (Å²) in [6.45, 7) is 2.16. The Kier molecular flexibility index (Phi) is 3.94. The lowest BCUT2D eigenvalue weighted by molar-refractivity contribution is -0.142. The molecule has 0 atom stereocenters. The molecule has 0 aliphatic heterocycles. The highest BCUT2D eigenvalue weighted by Crippen LogP contribution is 2.25. The molecule has 0 aliphatic rings. The Balaban J connectivity index is 2.10. The molecule has 1 N–H and O–H groups in total. The summed E-state index contributed by atoms with van der Waals surface area (Å²) in [5.41, 5.74) is 1.63. The van der Waals surface area contributed by atoms with Gasteiger partial charge in [0.2, 0.25) is 0 Å². The van der Waals surface area contributed by atoms with Gasteiger partial charge in [-0.05, 0) is 31.2 Å². The van der Waals surface area contributed by atoms with Crippen molar-refractivity contribution in [2.45, 2.75) is 13.3 Å². The second-order valence-corrected chi connectivity index (χ2v) is 4.53. The van der Waals surface area contributed by atoms with E-state index >= 15 is 0 Å². The lowest BCUT2D eigenvalue weighted by Gasteiger charge is -1.98. The first kappa shape index (κ1) is 12.6. The summed E-state index contributed by atoms with van der Waals surface area (Å²) in [5, 5.41) is 11.9. The summed E-state index contributed by atoms with van der Waals surface area (Å²) in [6, 6.07) is 6.81. The van der Waals surface area contributed by atoms with Gasteiger partial charge in [-0.1, -0.05) is 0 Å². The van der Waals surface area contributed by atoms with Gasteiger partial charge in [0, 0.05) is 10.9 Å². The van der Waals surface area contributed by atoms with E-state index in [0.717, 1.165) is 10.6 Å². The van der Waals surface area contributed by atoms with Crippen molar-refractivity contribution in [2.24, 2.45) is 0 Å². The number of ether oxygens (including phenoxy) is 1. The van der Waals surface area contributed by atoms with Gasteiger partial charge in [0.1, 0.15) is 10.8 Å². The number of benzene rings is 1. The number of rotatable bonds is 4. The van der Waals surface area contributed by atoms with Crippen LogP contribution in [-0.2, 0) is 16.0 Å². The Hall–Kier alpha value is -1.88. The third-order valence-corrected chi connectivity index (χ3v) is 3.24. The molecule has 0 saturated heterocycles. The molecule has 2 rings (SSSR count). The van der Waals surface area contributed by atoms with Crippen molar-refractivity contribution in [1.82, 2.24) is 4.98 Å². The van der Waals surface area contributed by atoms with Gasteiger partial charge in [-0.15, -0.1) is 11.3 Å². The molecular weight excluding hydrogens is 250 g/mol. The van der Waals surface area contributed by atoms with Crippen LogP contribution in [0.15, 0.2) is 29.6 Å². The minimum atomic E-state index is -0.264. The van der Waals surface area contributed by atoms with Gasteiger partial charge in [-0.2, -0.15) is 0 Å². The molecule has 2 aromatic rings. The number of nitrogens with zero attached hydrogens (tertiary/aromatic N) is 1. The molecule has 0 aliphatic carbocycles. The number of carbonyl (C=O) groups is 1. The molecule has 0 amide bonds. The number of phenolic OH excluding ortho intramolecular Hbond substituents is 1. The van der Waals surface area contributed by atoms with Crippen molar-refractivity contribution >= 4 is 17.3 Å². The average Bonchev–Trinajstić information content (AvgIpc) is 2.78. The normalized spacial score (nSPS) is 10.3. The average molecular weight is 263 g/mol. The van der Waals surface area contributed by atoms with Gasteiger partial charge < -0.3 is 9.84 Å². The zero-order chi connectivity index (χ0) is 13.0. The van der Waals surface area contributed by atoms with Crippen molar-refractivity contribution in [3.05, 3.63) is 35.3 Å². The second-order valence-electron chi connectivity index (χ2n) is 3.67. The number of phenols is 1. The molecular formula is C13H13NO3S. The Morgan fingerprint density at radius 3 is 2.78 bits per heavy atom. The number of carbonyl (C=O) groups excluding carboxylic acids is 1. The molecule has 5 heteroatoms. The van der Waals surface area contributed by atoms with E-state index in [4.69, 9.17) is 4.74 Å². The number of hydrogen-bond donors (Lipinski definition) is 1. The van der Waals surface area contributed by atoms with E-state index < -0.39 is 0 Å². The number of esters is 1. The minimum absolute atomic E-state index is 0.197. The van der Waals surface area contributed by atoms with Crippen molar-refractivity contribution < 1.29 is 14.6 Å². The summed E-state index contributed by atoms with van der Waals surface area (Å²) in [5.74, 6) is -0.0397. The molecule has 0 spiro atoms. The topological polar surface area (TPSA) is 59.4 Å². The fraction of sp³-hybridized carbons (Fsp3) is 0.231. The van der Waals surface area contributed by atoms with Crippen LogP contribution in [0.2, 0.25) is 0 Å². The van der Waals surface area contributed by atoms with Crippen LogP contribution in [0.5, 0.6) is 5.75 Å². The molecule has 1 aromatic carbocycles. The van der Waals surface area contributed by atoms with E-state index in [1.807, 2.05) is 5.38 Å². The fourth-order valence-corrected chi connectivity index (χ4v) is 2.31. The zero-order valence-electron chi connectivity index (χ0n) is 9.92. The molecule has 0 fully saturated rings. The molecule has 0 saturated carbocycles. The van der Waals surface area contributed by atoms with Gasteiger partial charge in [-0.25, -0.2) is 4.98 Å². The summed E-state index contributed by atoms with van der Waals surface area (Å²) in [6.07, 6.45) is 0.197. The standard InChI is InChI=1S/C13H13NO3S/c1-2-17-12(16)7-10-8-18-13(14-10)9-3-5-11(15)6-4-9/h3-6,8,15H,2,7H2,1H3. The molecule has 1 aromatic heterocycles. The third kappa shape index (κ3) is 3.07. The summed E-state index contributed by atoms with van der Waals surface area (Å²) in [7, 11) is 0. The highest BCUT2D eigenvalue weighted by atomic mass is 32.1. The first-order valence-electron chi connectivity index (χ1n) is 5.58. The van der Waals surface area contributed by atoms with Crippen molar-refractivity contribution in [2.75, 3.05) is 6.61 Å². The van der Waals surface area contributed by atoms with E-state index in [0.29, 0.717) is 12.3 Å². The van der Waals surface area contributed by atoms with Crippen LogP contribution in [0.4, 0.5) is 0 Å². The van der Waals surface area contributed by atoms with Crippen molar-refractivity contribution in [3.63, 3.8) is 0 Å². The number of aromatic hydroxyl groups is 1. The highest BCUT2D eigenvalue weighted by Gasteiger charge is 2.09. The smallest absolute Gasteiger partial charge is 0.311 e. The lowest BCUT2D eigenvalue weighted by Crippen LogP contribution is -2.07. The van der Waals surface area contributed by atoms with Crippen LogP contribution < -0.4 is 0 Å². The summed E-state index contributed by atoms with van der Waals surface area (Å²) >= 11 is 1.47. The van der Waals surface area contributed by atoms with Crippen LogP contribution in [0, 0.1) is 0 Å². The fourth-order valence-electron chi connectivity index (χ4n) is 1.48. The quantitative estimate of drug-likeness (QED) is 0.861. The number of aromatic nitrogens is 1. The SMILES string of the molecule is CCOC(=O)Cc1csc(-c2ccc(O)cc2)n1. The van der Waals surface area contributed by atoms with Crippen LogP contribution in [0.1, 0.15) is 12.6 Å². The van der Waals surface area contributed by atoms with E-state index in [2.05, 4.69) is 4.98 Å². The summed E-state index contributed by atoms with van der Waals surface area (Å²) in [4.78, 5) is 15.7. The van der Waals surface area contributed by atoms with Crippen molar-refractivity contribution in [3.8, 4) is 16.3 Å².